The average molecular weight is 313 g/mol. The molecular weight excluding hydrogens is 286 g/mol. The van der Waals surface area contributed by atoms with Crippen LogP contribution >= 0.6 is 0 Å². The SMILES string of the molecule is CC1(C)CN(C(=O)[C@H]2CN3CCCN2CC3)Cc2ccccc21. The number of fused-ring (bicyclic) bond motifs is 5. The van der Waals surface area contributed by atoms with Gasteiger partial charge in [-0.15, -0.1) is 0 Å². The van der Waals surface area contributed by atoms with Crippen LogP contribution in [0.1, 0.15) is 31.4 Å². The minimum atomic E-state index is 0.0316. The van der Waals surface area contributed by atoms with Crippen molar-refractivity contribution < 1.29 is 4.79 Å². The number of carbonyl (C=O) groups is 1. The molecular formula is C19H27N3O. The summed E-state index contributed by atoms with van der Waals surface area (Å²) in [6.07, 6.45) is 1.19. The zero-order chi connectivity index (χ0) is 16.0. The van der Waals surface area contributed by atoms with Gasteiger partial charge in [0.25, 0.3) is 0 Å². The smallest absolute Gasteiger partial charge is 0.241 e. The molecule has 0 saturated carbocycles. The molecule has 0 N–H and O–H groups in total. The Kier molecular flexibility index (Phi) is 3.69. The Balaban J connectivity index is 1.58. The average Bonchev–Trinajstić information content (AvgIpc) is 2.89. The Morgan fingerprint density at radius 2 is 1.96 bits per heavy atom. The molecule has 3 atom stereocenters. The summed E-state index contributed by atoms with van der Waals surface area (Å²) in [4.78, 5) is 20.2. The molecule has 1 aromatic rings. The minimum Gasteiger partial charge on any atom is -0.336 e. The third kappa shape index (κ3) is 2.68. The van der Waals surface area contributed by atoms with E-state index in [4.69, 9.17) is 0 Å². The lowest BCUT2D eigenvalue weighted by atomic mass is 9.78. The van der Waals surface area contributed by atoms with Crippen molar-refractivity contribution in [2.24, 2.45) is 0 Å². The quantitative estimate of drug-likeness (QED) is 0.789. The van der Waals surface area contributed by atoms with Gasteiger partial charge in [0.1, 0.15) is 6.04 Å². The van der Waals surface area contributed by atoms with Gasteiger partial charge in [0, 0.05) is 44.7 Å². The molecule has 0 aliphatic carbocycles. The molecule has 4 heteroatoms. The van der Waals surface area contributed by atoms with Crippen molar-refractivity contribution in [3.05, 3.63) is 35.4 Å². The molecule has 4 aliphatic rings. The number of rotatable bonds is 1. The molecule has 4 nitrogen and oxygen atoms in total. The van der Waals surface area contributed by atoms with Gasteiger partial charge in [-0.1, -0.05) is 38.1 Å². The predicted molar refractivity (Wildman–Crippen MR) is 91.3 cm³/mol. The van der Waals surface area contributed by atoms with Gasteiger partial charge in [-0.3, -0.25) is 14.6 Å². The standard InChI is InChI=1S/C19H27N3O/c1-19(2)14-22(12-15-6-3-4-7-16(15)19)18(23)17-13-20-8-5-9-21(17)11-10-20/h3-4,6-7,17H,5,8-14H2,1-2H3/t17-/m1/s1. The summed E-state index contributed by atoms with van der Waals surface area (Å²) in [5.74, 6) is 0.333. The monoisotopic (exact) mass is 313 g/mol. The summed E-state index contributed by atoms with van der Waals surface area (Å²) in [5.41, 5.74) is 2.74. The lowest BCUT2D eigenvalue weighted by Gasteiger charge is -2.44. The molecule has 4 heterocycles. The van der Waals surface area contributed by atoms with Crippen LogP contribution in [0.25, 0.3) is 0 Å². The third-order valence-electron chi connectivity index (χ3n) is 5.79. The van der Waals surface area contributed by atoms with Gasteiger partial charge in [-0.2, -0.15) is 0 Å². The van der Waals surface area contributed by atoms with Crippen LogP contribution in [0.5, 0.6) is 0 Å². The molecule has 2 bridgehead atoms. The second-order valence-corrected chi connectivity index (χ2v) is 7.94. The lowest BCUT2D eigenvalue weighted by molar-refractivity contribution is -0.140. The van der Waals surface area contributed by atoms with Gasteiger partial charge in [0.2, 0.25) is 5.91 Å². The first-order valence-electron chi connectivity index (χ1n) is 8.88. The highest BCUT2D eigenvalue weighted by molar-refractivity contribution is 5.83. The fourth-order valence-corrected chi connectivity index (χ4v) is 4.59. The number of amides is 1. The van der Waals surface area contributed by atoms with Crippen molar-refractivity contribution in [1.29, 1.82) is 0 Å². The highest BCUT2D eigenvalue weighted by Gasteiger charge is 2.40. The number of nitrogens with zero attached hydrogens (tertiary/aromatic N) is 3. The molecule has 1 amide bonds. The van der Waals surface area contributed by atoms with E-state index in [1.54, 1.807) is 0 Å². The van der Waals surface area contributed by atoms with Crippen LogP contribution in [0, 0.1) is 0 Å². The summed E-state index contributed by atoms with van der Waals surface area (Å²) in [5, 5.41) is 0. The van der Waals surface area contributed by atoms with Gasteiger partial charge in [0.15, 0.2) is 0 Å². The van der Waals surface area contributed by atoms with Crippen LogP contribution in [0.4, 0.5) is 0 Å². The van der Waals surface area contributed by atoms with E-state index in [1.165, 1.54) is 17.5 Å². The molecule has 4 aliphatic heterocycles. The second-order valence-electron chi connectivity index (χ2n) is 7.94. The van der Waals surface area contributed by atoms with Crippen molar-refractivity contribution in [3.63, 3.8) is 0 Å². The van der Waals surface area contributed by atoms with Crippen LogP contribution in [0.15, 0.2) is 24.3 Å². The van der Waals surface area contributed by atoms with E-state index in [0.717, 1.165) is 45.8 Å². The summed E-state index contributed by atoms with van der Waals surface area (Å²) < 4.78 is 0. The number of piperazine rings is 1. The molecule has 3 fully saturated rings. The highest BCUT2D eigenvalue weighted by Crippen LogP contribution is 2.34. The molecule has 3 saturated heterocycles. The number of hydrogen-bond donors (Lipinski definition) is 0. The van der Waals surface area contributed by atoms with Crippen LogP contribution in [-0.2, 0) is 16.8 Å². The van der Waals surface area contributed by atoms with E-state index >= 15 is 0 Å². The number of hydrogen-bond acceptors (Lipinski definition) is 3. The van der Waals surface area contributed by atoms with Crippen molar-refractivity contribution in [2.45, 2.75) is 38.3 Å². The van der Waals surface area contributed by atoms with Crippen LogP contribution in [0.2, 0.25) is 0 Å². The molecule has 2 unspecified atom stereocenters. The third-order valence-corrected chi connectivity index (χ3v) is 5.79. The van der Waals surface area contributed by atoms with E-state index in [1.807, 2.05) is 0 Å². The molecule has 23 heavy (non-hydrogen) atoms. The van der Waals surface area contributed by atoms with Crippen molar-refractivity contribution >= 4 is 5.91 Å². The predicted octanol–water partition coefficient (Wildman–Crippen LogP) is 1.70. The van der Waals surface area contributed by atoms with Crippen LogP contribution in [0.3, 0.4) is 0 Å². The summed E-state index contributed by atoms with van der Waals surface area (Å²) in [7, 11) is 0. The fourth-order valence-electron chi connectivity index (χ4n) is 4.59. The molecule has 0 aromatic heterocycles. The summed E-state index contributed by atoms with van der Waals surface area (Å²) in [6.45, 7) is 11.4. The first kappa shape index (κ1) is 15.2. The van der Waals surface area contributed by atoms with Gasteiger partial charge in [-0.05, 0) is 24.1 Å². The summed E-state index contributed by atoms with van der Waals surface area (Å²) in [6, 6.07) is 8.67. The van der Waals surface area contributed by atoms with Crippen molar-refractivity contribution in [1.82, 2.24) is 14.7 Å². The molecule has 124 valence electrons. The van der Waals surface area contributed by atoms with E-state index < -0.39 is 0 Å². The van der Waals surface area contributed by atoms with Gasteiger partial charge in [0.05, 0.1) is 0 Å². The van der Waals surface area contributed by atoms with E-state index in [9.17, 15) is 4.79 Å². The maximum absolute atomic E-state index is 13.3. The van der Waals surface area contributed by atoms with E-state index in [-0.39, 0.29) is 11.5 Å². The second kappa shape index (κ2) is 5.60. The Labute approximate surface area is 139 Å². The normalized spacial score (nSPS) is 32.3. The zero-order valence-electron chi connectivity index (χ0n) is 14.3. The van der Waals surface area contributed by atoms with Crippen LogP contribution in [-0.4, -0.2) is 65.9 Å². The van der Waals surface area contributed by atoms with E-state index in [2.05, 4.69) is 52.8 Å². The fraction of sp³-hybridized carbons (Fsp3) is 0.632. The van der Waals surface area contributed by atoms with Crippen LogP contribution < -0.4 is 0 Å². The molecule has 5 rings (SSSR count). The van der Waals surface area contributed by atoms with E-state index in [0.29, 0.717) is 5.91 Å². The summed E-state index contributed by atoms with van der Waals surface area (Å²) >= 11 is 0. The minimum absolute atomic E-state index is 0.0316. The first-order valence-corrected chi connectivity index (χ1v) is 8.88. The maximum Gasteiger partial charge on any atom is 0.241 e. The van der Waals surface area contributed by atoms with Gasteiger partial charge >= 0.3 is 0 Å². The van der Waals surface area contributed by atoms with Gasteiger partial charge < -0.3 is 4.90 Å². The Hall–Kier alpha value is -1.39. The van der Waals surface area contributed by atoms with Gasteiger partial charge in [-0.25, -0.2) is 0 Å². The van der Waals surface area contributed by atoms with Crippen molar-refractivity contribution in [3.8, 4) is 0 Å². The Morgan fingerprint density at radius 3 is 2.83 bits per heavy atom. The Morgan fingerprint density at radius 1 is 1.13 bits per heavy atom. The molecule has 0 spiro atoms. The number of benzene rings is 1. The topological polar surface area (TPSA) is 26.8 Å². The lowest BCUT2D eigenvalue weighted by Crippen LogP contribution is -2.59. The first-order chi connectivity index (χ1) is 11.0. The highest BCUT2D eigenvalue weighted by atomic mass is 16.2. The number of carbonyl (C=O) groups excluding carboxylic acids is 1. The van der Waals surface area contributed by atoms with Crippen molar-refractivity contribution in [2.75, 3.05) is 39.3 Å². The zero-order valence-corrected chi connectivity index (χ0v) is 14.3. The maximum atomic E-state index is 13.3. The Bertz CT molecular complexity index is 608. The molecule has 1 aromatic carbocycles. The largest absolute Gasteiger partial charge is 0.336 e. The molecule has 0 radical (unpaired) electrons.